The summed E-state index contributed by atoms with van der Waals surface area (Å²) in [4.78, 5) is 12.3. The normalized spacial score (nSPS) is 12.0. The Balaban J connectivity index is 0.00000400. The summed E-state index contributed by atoms with van der Waals surface area (Å²) >= 11 is 0. The Kier molecular flexibility index (Phi) is 6.90. The highest BCUT2D eigenvalue weighted by molar-refractivity contribution is 5.92. The van der Waals surface area contributed by atoms with Crippen molar-refractivity contribution in [3.8, 4) is 0 Å². The predicted molar refractivity (Wildman–Crippen MR) is 89.0 cm³/mol. The largest absolute Gasteiger partial charge is 0.349 e. The minimum absolute atomic E-state index is 0. The highest BCUT2D eigenvalue weighted by atomic mass is 35.5. The van der Waals surface area contributed by atoms with Gasteiger partial charge in [-0.1, -0.05) is 34.6 Å². The molecule has 21 heavy (non-hydrogen) atoms. The molecule has 122 valence electrons. The van der Waals surface area contributed by atoms with Gasteiger partial charge in [0, 0.05) is 24.5 Å². The second-order valence-electron chi connectivity index (χ2n) is 6.54. The second kappa shape index (κ2) is 7.27. The molecule has 1 rings (SSSR count). The van der Waals surface area contributed by atoms with Gasteiger partial charge < -0.3 is 11.1 Å². The third-order valence-corrected chi connectivity index (χ3v) is 3.89. The fourth-order valence-corrected chi connectivity index (χ4v) is 1.89. The van der Waals surface area contributed by atoms with Crippen LogP contribution in [0.2, 0.25) is 0 Å². The number of nitrogens with two attached hydrogens (primary N) is 1. The van der Waals surface area contributed by atoms with Crippen LogP contribution >= 0.6 is 12.4 Å². The highest BCUT2D eigenvalue weighted by Gasteiger charge is 2.24. The fraction of sp³-hybridized carbons (Fsp3) is 0.733. The highest BCUT2D eigenvalue weighted by Crippen LogP contribution is 2.21. The first-order valence-electron chi connectivity index (χ1n) is 7.24. The van der Waals surface area contributed by atoms with Crippen molar-refractivity contribution in [2.75, 3.05) is 6.54 Å². The fourth-order valence-electron chi connectivity index (χ4n) is 1.89. The Morgan fingerprint density at radius 1 is 1.33 bits per heavy atom. The average molecular weight is 317 g/mol. The van der Waals surface area contributed by atoms with Crippen molar-refractivity contribution in [2.45, 2.75) is 58.4 Å². The zero-order valence-electron chi connectivity index (χ0n) is 14.0. The van der Waals surface area contributed by atoms with Crippen LogP contribution in [0.3, 0.4) is 0 Å². The molecular formula is C15H29ClN4O. The number of hydrogen-bond acceptors (Lipinski definition) is 3. The molecule has 0 saturated heterocycles. The van der Waals surface area contributed by atoms with Crippen LogP contribution in [0.25, 0.3) is 0 Å². The third kappa shape index (κ3) is 5.00. The molecule has 0 atom stereocenters. The maximum absolute atomic E-state index is 12.3. The lowest BCUT2D eigenvalue weighted by molar-refractivity contribution is 0.0932. The van der Waals surface area contributed by atoms with Gasteiger partial charge in [0.1, 0.15) is 5.69 Å². The van der Waals surface area contributed by atoms with Gasteiger partial charge in [-0.25, -0.2) is 0 Å². The second-order valence-corrected chi connectivity index (χ2v) is 6.54. The molecule has 0 aliphatic rings. The van der Waals surface area contributed by atoms with Gasteiger partial charge in [0.2, 0.25) is 0 Å². The van der Waals surface area contributed by atoms with Gasteiger partial charge in [0.15, 0.2) is 0 Å². The summed E-state index contributed by atoms with van der Waals surface area (Å²) in [6, 6.07) is 1.85. The van der Waals surface area contributed by atoms with Gasteiger partial charge in [-0.05, 0) is 18.9 Å². The lowest BCUT2D eigenvalue weighted by Gasteiger charge is -2.26. The monoisotopic (exact) mass is 316 g/mol. The molecule has 0 aromatic carbocycles. The van der Waals surface area contributed by atoms with Gasteiger partial charge in [0.25, 0.3) is 5.91 Å². The summed E-state index contributed by atoms with van der Waals surface area (Å²) in [6.45, 7) is 10.8. The first-order valence-corrected chi connectivity index (χ1v) is 7.24. The molecule has 0 spiro atoms. The Morgan fingerprint density at radius 3 is 2.24 bits per heavy atom. The standard InChI is InChI=1S/C15H28N4O.ClH/c1-7-15(16,8-2)10-17-13(20)11-9-12(14(3,4)5)18-19(11)6;/h9H,7-8,10,16H2,1-6H3,(H,17,20);1H. The van der Waals surface area contributed by atoms with Crippen molar-refractivity contribution in [2.24, 2.45) is 12.8 Å². The molecule has 0 saturated carbocycles. The SMILES string of the molecule is CCC(N)(CC)CNC(=O)c1cc(C(C)(C)C)nn1C.Cl. The van der Waals surface area contributed by atoms with Crippen molar-refractivity contribution in [3.63, 3.8) is 0 Å². The van der Waals surface area contributed by atoms with Crippen LogP contribution in [-0.2, 0) is 12.5 Å². The number of rotatable bonds is 5. The van der Waals surface area contributed by atoms with Gasteiger partial charge in [-0.15, -0.1) is 12.4 Å². The average Bonchev–Trinajstić information content (AvgIpc) is 2.77. The van der Waals surface area contributed by atoms with Gasteiger partial charge in [-0.3, -0.25) is 9.48 Å². The summed E-state index contributed by atoms with van der Waals surface area (Å²) in [5, 5.41) is 7.33. The molecule has 1 heterocycles. The van der Waals surface area contributed by atoms with Crippen LogP contribution in [0.1, 0.15) is 63.6 Å². The lowest BCUT2D eigenvalue weighted by Crippen LogP contribution is -2.49. The Labute approximate surface area is 134 Å². The van der Waals surface area contributed by atoms with E-state index in [1.807, 2.05) is 19.9 Å². The van der Waals surface area contributed by atoms with E-state index in [-0.39, 0.29) is 29.3 Å². The van der Waals surface area contributed by atoms with E-state index in [0.29, 0.717) is 12.2 Å². The Morgan fingerprint density at radius 2 is 1.86 bits per heavy atom. The van der Waals surface area contributed by atoms with E-state index in [2.05, 4.69) is 31.2 Å². The number of amides is 1. The minimum atomic E-state index is -0.332. The maximum atomic E-state index is 12.3. The van der Waals surface area contributed by atoms with Crippen molar-refractivity contribution in [3.05, 3.63) is 17.5 Å². The third-order valence-electron chi connectivity index (χ3n) is 3.89. The molecule has 5 nitrogen and oxygen atoms in total. The summed E-state index contributed by atoms with van der Waals surface area (Å²) in [6.07, 6.45) is 1.67. The van der Waals surface area contributed by atoms with Crippen molar-refractivity contribution < 1.29 is 4.79 Å². The summed E-state index contributed by atoms with van der Waals surface area (Å²) < 4.78 is 1.63. The van der Waals surface area contributed by atoms with Crippen LogP contribution in [-0.4, -0.2) is 27.8 Å². The zero-order valence-corrected chi connectivity index (χ0v) is 14.8. The lowest BCUT2D eigenvalue weighted by atomic mass is 9.92. The quantitative estimate of drug-likeness (QED) is 0.876. The number of aromatic nitrogens is 2. The van der Waals surface area contributed by atoms with E-state index in [4.69, 9.17) is 5.73 Å². The molecule has 0 bridgehead atoms. The maximum Gasteiger partial charge on any atom is 0.269 e. The van der Waals surface area contributed by atoms with Crippen LogP contribution in [0, 0.1) is 0 Å². The van der Waals surface area contributed by atoms with Crippen molar-refractivity contribution in [1.82, 2.24) is 15.1 Å². The number of nitrogens with zero attached hydrogens (tertiary/aromatic N) is 2. The van der Waals surface area contributed by atoms with E-state index in [0.717, 1.165) is 18.5 Å². The van der Waals surface area contributed by atoms with Crippen LogP contribution < -0.4 is 11.1 Å². The molecule has 6 heteroatoms. The molecule has 1 aromatic rings. The number of carbonyl (C=O) groups is 1. The number of halogens is 1. The van der Waals surface area contributed by atoms with Crippen LogP contribution in [0.5, 0.6) is 0 Å². The number of aryl methyl sites for hydroxylation is 1. The van der Waals surface area contributed by atoms with E-state index >= 15 is 0 Å². The van der Waals surface area contributed by atoms with Gasteiger partial charge in [0.05, 0.1) is 5.69 Å². The first kappa shape index (κ1) is 19.9. The van der Waals surface area contributed by atoms with Crippen LogP contribution in [0.15, 0.2) is 6.07 Å². The molecule has 3 N–H and O–H groups in total. The van der Waals surface area contributed by atoms with E-state index < -0.39 is 0 Å². The summed E-state index contributed by atoms with van der Waals surface area (Å²) in [5.74, 6) is -0.118. The molecule has 1 aromatic heterocycles. The number of hydrogen-bond donors (Lipinski definition) is 2. The zero-order chi connectivity index (χ0) is 15.6. The van der Waals surface area contributed by atoms with Gasteiger partial charge >= 0.3 is 0 Å². The van der Waals surface area contributed by atoms with Crippen LogP contribution in [0.4, 0.5) is 0 Å². The smallest absolute Gasteiger partial charge is 0.269 e. The summed E-state index contributed by atoms with van der Waals surface area (Å²) in [7, 11) is 1.79. The first-order chi connectivity index (χ1) is 9.13. The van der Waals surface area contributed by atoms with Crippen molar-refractivity contribution >= 4 is 18.3 Å². The van der Waals surface area contributed by atoms with Crippen molar-refractivity contribution in [1.29, 1.82) is 0 Å². The molecule has 1 amide bonds. The number of carbonyl (C=O) groups excluding carboxylic acids is 1. The Bertz CT molecular complexity index is 473. The molecule has 0 unspecified atom stereocenters. The molecular weight excluding hydrogens is 288 g/mol. The van der Waals surface area contributed by atoms with E-state index in [1.165, 1.54) is 0 Å². The minimum Gasteiger partial charge on any atom is -0.349 e. The van der Waals surface area contributed by atoms with E-state index in [1.54, 1.807) is 11.7 Å². The van der Waals surface area contributed by atoms with E-state index in [9.17, 15) is 4.79 Å². The Hall–Kier alpha value is -1.07. The molecule has 0 aliphatic heterocycles. The molecule has 0 radical (unpaired) electrons. The topological polar surface area (TPSA) is 72.9 Å². The van der Waals surface area contributed by atoms with Gasteiger partial charge in [-0.2, -0.15) is 5.10 Å². The predicted octanol–water partition coefficient (Wildman–Crippen LogP) is 2.39. The molecule has 0 aliphatic carbocycles. The summed E-state index contributed by atoms with van der Waals surface area (Å²) in [5.41, 5.74) is 7.28. The molecule has 0 fully saturated rings. The number of nitrogens with one attached hydrogen (secondary N) is 1.